The number of aromatic hydroxyl groups is 1. The third-order valence-electron chi connectivity index (χ3n) is 9.74. The van der Waals surface area contributed by atoms with E-state index < -0.39 is 0 Å². The van der Waals surface area contributed by atoms with Crippen LogP contribution in [0.5, 0.6) is 11.8 Å². The number of phenolic OH excluding ortho intramolecular Hbond substituents is 1. The van der Waals surface area contributed by atoms with Crippen LogP contribution in [0, 0.1) is 11.3 Å². The van der Waals surface area contributed by atoms with Crippen LogP contribution in [0.15, 0.2) is 43.0 Å². The van der Waals surface area contributed by atoms with Crippen LogP contribution >= 0.6 is 0 Å². The molecule has 0 bridgehead atoms. The van der Waals surface area contributed by atoms with Gasteiger partial charge in [-0.15, -0.1) is 0 Å². The zero-order chi connectivity index (χ0) is 29.7. The molecule has 1 aromatic heterocycles. The number of benzene rings is 2. The Morgan fingerprint density at radius 1 is 1.19 bits per heavy atom. The Labute approximate surface area is 251 Å². The number of aromatic nitrogens is 2. The Morgan fingerprint density at radius 3 is 2.86 bits per heavy atom. The first-order valence-corrected chi connectivity index (χ1v) is 15.2. The molecule has 3 aromatic rings. The van der Waals surface area contributed by atoms with E-state index in [1.54, 1.807) is 11.0 Å². The molecule has 1 aliphatic carbocycles. The van der Waals surface area contributed by atoms with E-state index in [0.29, 0.717) is 57.1 Å². The van der Waals surface area contributed by atoms with Crippen molar-refractivity contribution in [2.24, 2.45) is 0 Å². The molecular weight excluding hydrogens is 542 g/mol. The number of nitriles is 1. The summed E-state index contributed by atoms with van der Waals surface area (Å²) in [4.78, 5) is 31.1. The number of anilines is 1. The number of piperazine rings is 1. The molecule has 43 heavy (non-hydrogen) atoms. The lowest BCUT2D eigenvalue weighted by Gasteiger charge is -2.41. The second kappa shape index (κ2) is 11.1. The Hall–Kier alpha value is -4.20. The summed E-state index contributed by atoms with van der Waals surface area (Å²) >= 11 is 0. The van der Waals surface area contributed by atoms with Gasteiger partial charge in [0.1, 0.15) is 18.2 Å². The van der Waals surface area contributed by atoms with Gasteiger partial charge in [0, 0.05) is 55.9 Å². The van der Waals surface area contributed by atoms with E-state index in [4.69, 9.17) is 14.7 Å². The molecule has 0 saturated carbocycles. The van der Waals surface area contributed by atoms with Crippen molar-refractivity contribution >= 4 is 22.5 Å². The Kier molecular flexibility index (Phi) is 7.15. The Morgan fingerprint density at radius 2 is 2.07 bits per heavy atom. The summed E-state index contributed by atoms with van der Waals surface area (Å²) in [5.41, 5.74) is 4.22. The Bertz CT molecular complexity index is 1630. The Balaban J connectivity index is 1.21. The summed E-state index contributed by atoms with van der Waals surface area (Å²) < 4.78 is 6.27. The monoisotopic (exact) mass is 579 g/mol. The van der Waals surface area contributed by atoms with Crippen LogP contribution in [0.1, 0.15) is 47.7 Å². The maximum Gasteiger partial charge on any atom is 0.318 e. The van der Waals surface area contributed by atoms with Gasteiger partial charge in [-0.1, -0.05) is 30.8 Å². The van der Waals surface area contributed by atoms with Crippen molar-refractivity contribution in [3.05, 3.63) is 65.4 Å². The normalized spacial score (nSPS) is 23.5. The van der Waals surface area contributed by atoms with Gasteiger partial charge in [-0.25, -0.2) is 0 Å². The molecule has 0 radical (unpaired) electrons. The minimum Gasteiger partial charge on any atom is -0.508 e. The molecule has 4 heterocycles. The van der Waals surface area contributed by atoms with Crippen molar-refractivity contribution in [2.75, 3.05) is 44.7 Å². The summed E-state index contributed by atoms with van der Waals surface area (Å²) in [6.07, 6.45) is 4.63. The number of hydrogen-bond donors (Lipinski definition) is 1. The highest BCUT2D eigenvalue weighted by Crippen LogP contribution is 2.47. The fourth-order valence-electron chi connectivity index (χ4n) is 7.48. The third kappa shape index (κ3) is 4.86. The van der Waals surface area contributed by atoms with Gasteiger partial charge < -0.3 is 24.5 Å². The molecule has 1 N–H and O–H groups in total. The molecule has 3 aliphatic heterocycles. The summed E-state index contributed by atoms with van der Waals surface area (Å²) in [6.45, 7) is 8.08. The van der Waals surface area contributed by atoms with Crippen molar-refractivity contribution < 1.29 is 14.6 Å². The number of carbonyl (C=O) groups is 1. The van der Waals surface area contributed by atoms with Crippen molar-refractivity contribution in [2.45, 2.75) is 56.9 Å². The molecule has 10 nitrogen and oxygen atoms in total. The van der Waals surface area contributed by atoms with Crippen molar-refractivity contribution in [3.63, 3.8) is 0 Å². The average Bonchev–Trinajstić information content (AvgIpc) is 3.74. The molecule has 7 rings (SSSR count). The predicted molar refractivity (Wildman–Crippen MR) is 163 cm³/mol. The number of likely N-dealkylation sites (N-methyl/N-ethyl adjacent to an activating group) is 1. The van der Waals surface area contributed by atoms with Crippen LogP contribution in [-0.2, 0) is 24.3 Å². The average molecular weight is 580 g/mol. The number of hydrogen-bond acceptors (Lipinski definition) is 9. The van der Waals surface area contributed by atoms with Gasteiger partial charge in [0.15, 0.2) is 0 Å². The molecule has 222 valence electrons. The van der Waals surface area contributed by atoms with Gasteiger partial charge in [-0.2, -0.15) is 15.2 Å². The first kappa shape index (κ1) is 27.6. The number of amides is 1. The topological polar surface area (TPSA) is 109 Å². The zero-order valence-electron chi connectivity index (χ0n) is 24.6. The van der Waals surface area contributed by atoms with Crippen molar-refractivity contribution in [1.82, 2.24) is 24.7 Å². The fourth-order valence-corrected chi connectivity index (χ4v) is 7.48. The second-order valence-electron chi connectivity index (χ2n) is 12.2. The maximum atomic E-state index is 12.6. The van der Waals surface area contributed by atoms with E-state index in [2.05, 4.69) is 52.6 Å². The first-order chi connectivity index (χ1) is 20.9. The highest BCUT2D eigenvalue weighted by Gasteiger charge is 2.39. The highest BCUT2D eigenvalue weighted by atomic mass is 16.5. The van der Waals surface area contributed by atoms with Crippen LogP contribution in [-0.4, -0.2) is 87.6 Å². The van der Waals surface area contributed by atoms with Crippen LogP contribution in [0.25, 0.3) is 10.8 Å². The highest BCUT2D eigenvalue weighted by molar-refractivity contribution is 5.93. The molecule has 10 heteroatoms. The number of rotatable bonds is 7. The molecule has 2 fully saturated rings. The number of ether oxygens (including phenoxy) is 1. The molecule has 3 atom stereocenters. The number of phenols is 1. The largest absolute Gasteiger partial charge is 0.508 e. The second-order valence-corrected chi connectivity index (χ2v) is 12.2. The number of fused-ring (bicyclic) bond motifs is 1. The summed E-state index contributed by atoms with van der Waals surface area (Å²) in [6, 6.07) is 12.9. The quantitative estimate of drug-likeness (QED) is 0.421. The zero-order valence-corrected chi connectivity index (χ0v) is 24.6. The van der Waals surface area contributed by atoms with E-state index in [-0.39, 0.29) is 24.4 Å². The minimum atomic E-state index is -0.261. The molecule has 1 amide bonds. The van der Waals surface area contributed by atoms with E-state index in [1.807, 2.05) is 6.07 Å². The molecule has 0 spiro atoms. The third-order valence-corrected chi connectivity index (χ3v) is 9.74. The van der Waals surface area contributed by atoms with Crippen molar-refractivity contribution in [3.8, 4) is 17.8 Å². The molecular formula is C33H37N7O3. The SMILES string of the molecule is C=CC(=O)N1CCN(c2nc(OC[C@@H]3CCCN3C)nc3c2CN(C2Cc4cccc5ccc(O)c2c45)C3)C[C@@H]1CC#N. The van der Waals surface area contributed by atoms with Crippen LogP contribution in [0.3, 0.4) is 0 Å². The fraction of sp³-hybridized carbons (Fsp3) is 0.455. The summed E-state index contributed by atoms with van der Waals surface area (Å²) in [5.74, 6) is 0.990. The molecule has 2 saturated heterocycles. The predicted octanol–water partition coefficient (Wildman–Crippen LogP) is 3.54. The van der Waals surface area contributed by atoms with E-state index in [0.717, 1.165) is 59.2 Å². The smallest absolute Gasteiger partial charge is 0.318 e. The summed E-state index contributed by atoms with van der Waals surface area (Å²) in [5, 5.41) is 22.9. The van der Waals surface area contributed by atoms with Gasteiger partial charge in [0.2, 0.25) is 5.91 Å². The van der Waals surface area contributed by atoms with Gasteiger partial charge in [-0.05, 0) is 61.3 Å². The number of likely N-dealkylation sites (tertiary alicyclic amines) is 1. The molecule has 2 aromatic carbocycles. The lowest BCUT2D eigenvalue weighted by molar-refractivity contribution is -0.128. The maximum absolute atomic E-state index is 12.6. The van der Waals surface area contributed by atoms with Gasteiger partial charge in [-0.3, -0.25) is 9.69 Å². The van der Waals surface area contributed by atoms with Gasteiger partial charge >= 0.3 is 6.01 Å². The van der Waals surface area contributed by atoms with Gasteiger partial charge in [0.25, 0.3) is 0 Å². The minimum absolute atomic E-state index is 0.0213. The lowest BCUT2D eigenvalue weighted by atomic mass is 10.0. The van der Waals surface area contributed by atoms with Crippen LogP contribution < -0.4 is 9.64 Å². The van der Waals surface area contributed by atoms with E-state index in [1.165, 1.54) is 11.6 Å². The van der Waals surface area contributed by atoms with E-state index >= 15 is 0 Å². The lowest BCUT2D eigenvalue weighted by Crippen LogP contribution is -2.55. The standard InChI is InChI=1S/C33H37N7O3/c1-3-29(42)40-15-14-38(17-23(40)11-12-34)32-25-18-39(19-26(25)35-33(36-32)43-20-24-8-5-13-37(24)2)27-16-22-7-4-6-21-9-10-28(41)31(27)30(21)22/h3-4,6-7,9-10,23-24,27,41H,1,5,8,11,13-20H2,2H3/t23-,24-,27?/m0/s1. The van der Waals surface area contributed by atoms with E-state index in [9.17, 15) is 15.2 Å². The van der Waals surface area contributed by atoms with Crippen LogP contribution in [0.4, 0.5) is 5.82 Å². The summed E-state index contributed by atoms with van der Waals surface area (Å²) in [7, 11) is 2.13. The first-order valence-electron chi connectivity index (χ1n) is 15.2. The van der Waals surface area contributed by atoms with Crippen LogP contribution in [0.2, 0.25) is 0 Å². The molecule has 1 unspecified atom stereocenters. The number of nitrogens with zero attached hydrogens (tertiary/aromatic N) is 7. The molecule has 4 aliphatic rings. The van der Waals surface area contributed by atoms with Crippen molar-refractivity contribution in [1.29, 1.82) is 5.26 Å². The van der Waals surface area contributed by atoms with Gasteiger partial charge in [0.05, 0.1) is 24.2 Å². The number of carbonyl (C=O) groups excluding carboxylic acids is 1.